The van der Waals surface area contributed by atoms with Crippen LogP contribution in [-0.4, -0.2) is 104 Å². The molecule has 16 heteroatoms. The monoisotopic (exact) mass is 1130 g/mol. The van der Waals surface area contributed by atoms with Crippen LogP contribution in [0, 0.1) is 105 Å². The number of hydrogen-bond donors (Lipinski definition) is 6. The number of benzene rings is 1. The summed E-state index contributed by atoms with van der Waals surface area (Å²) in [6.45, 7) is 7.97. The van der Waals surface area contributed by atoms with Gasteiger partial charge in [-0.25, -0.2) is 4.79 Å². The Kier molecular flexibility index (Phi) is 13.6. The Bertz CT molecular complexity index is 1520. The van der Waals surface area contributed by atoms with Crippen molar-refractivity contribution < 1.29 is 147 Å². The van der Waals surface area contributed by atoms with Crippen molar-refractivity contribution in [3.63, 3.8) is 0 Å². The van der Waals surface area contributed by atoms with Crippen LogP contribution in [0.1, 0.15) is 66.0 Å². The molecule has 3 aliphatic carbocycles. The van der Waals surface area contributed by atoms with Gasteiger partial charge in [0.2, 0.25) is 5.91 Å². The second kappa shape index (κ2) is 15.4. The van der Waals surface area contributed by atoms with E-state index < -0.39 is 101 Å². The van der Waals surface area contributed by atoms with E-state index in [-0.39, 0.29) is 112 Å². The van der Waals surface area contributed by atoms with E-state index in [0.717, 1.165) is 6.92 Å². The summed E-state index contributed by atoms with van der Waals surface area (Å²) in [5, 5.41) is 62.0. The van der Waals surface area contributed by atoms with Crippen LogP contribution < -0.4 is 5.32 Å². The first-order valence-corrected chi connectivity index (χ1v) is 15.9. The fraction of sp³-hybridized carbons (Fsp3) is 0.636. The molecule has 0 aromatic heterocycles. The Morgan fingerprint density at radius 3 is 2.14 bits per heavy atom. The second-order valence-corrected chi connectivity index (χ2v) is 14.5. The minimum absolute atomic E-state index is 0. The molecule has 1 aromatic carbocycles. The number of carbonyl (C=O) groups excluding carboxylic acids is 4. The van der Waals surface area contributed by atoms with Gasteiger partial charge in [0.15, 0.2) is 11.9 Å². The molecule has 13 nitrogen and oxygen atoms in total. The molecule has 1 heterocycles. The van der Waals surface area contributed by atoms with Crippen LogP contribution in [0.15, 0.2) is 35.4 Å². The van der Waals surface area contributed by atoms with Crippen molar-refractivity contribution in [2.45, 2.75) is 108 Å². The number of aliphatic hydroxyl groups is 5. The first-order valence-electron chi connectivity index (χ1n) is 15.5. The largest absolute Gasteiger partial charge is 0.459 e. The van der Waals surface area contributed by atoms with Gasteiger partial charge in [-0.2, -0.15) is 0 Å². The summed E-state index contributed by atoms with van der Waals surface area (Å²) < 4.78 is 17.1. The molecular weight excluding hydrogens is 1090 g/mol. The van der Waals surface area contributed by atoms with Gasteiger partial charge in [0.05, 0.1) is 30.3 Å². The summed E-state index contributed by atoms with van der Waals surface area (Å²) in [6, 6.07) is 4.80. The number of aliphatic hydroxyl groups excluding tert-OH is 3. The zero-order chi connectivity index (χ0) is 35.0. The number of esters is 2. The molecule has 5 rings (SSSR count). The van der Waals surface area contributed by atoms with Crippen molar-refractivity contribution >= 4 is 35.2 Å². The van der Waals surface area contributed by atoms with Crippen molar-refractivity contribution in [3.05, 3.63) is 46.0 Å². The number of carbonyl (C=O) groups is 4. The normalized spacial score (nSPS) is 37.2. The SMILES string of the molecule is CC(=O)N[C@@H](c1ccc(Cl)cc1)[C@@H](O)C(=O)O[C@H]1C[C@@]2(O)[C@@H](OC(C)=O)[C@@H]3[C@]4(O)CO[C@@H]4C[C@H](O)[C@@]3(C)C(=O)[C@H](O)C(=C1C)C2(C)C.[Ac].[Ac]. The standard InChI is InChI=1S/C33H42ClNO12.2Ac/c1-14-19(47-29(42)25(40)23(35-15(2)36)17-7-9-18(34)10-8-17)12-33(44)28(46-16(3)37)26-31(6,20(38)11-21-32(26,43)13-45-21)27(41)24(39)22(14)30(33,4)5;;/h7-10,19-21,23-26,28,38-40,43-44H,11-13H2,1-6H3,(H,35,36);;/t19-,20-,21+,23-,24+,25+,26-,28-,31+,32-,33+;;/m0../s1. The van der Waals surface area contributed by atoms with Crippen LogP contribution >= 0.6 is 11.6 Å². The van der Waals surface area contributed by atoms with Gasteiger partial charge in [-0.1, -0.05) is 37.6 Å². The molecule has 1 aromatic rings. The number of halogens is 1. The zero-order valence-electron chi connectivity index (χ0n) is 28.2. The predicted octanol–water partition coefficient (Wildman–Crippen LogP) is 0.660. The molecule has 264 valence electrons. The second-order valence-electron chi connectivity index (χ2n) is 14.0. The molecule has 0 unspecified atom stereocenters. The summed E-state index contributed by atoms with van der Waals surface area (Å²) in [5.41, 5.74) is -6.99. The summed E-state index contributed by atoms with van der Waals surface area (Å²) >= 11 is 5.99. The molecule has 2 bridgehead atoms. The van der Waals surface area contributed by atoms with Crippen LogP contribution in [-0.2, 0) is 33.4 Å². The Hall–Kier alpha value is -0.0269. The fourth-order valence-electron chi connectivity index (χ4n) is 8.38. The van der Waals surface area contributed by atoms with E-state index in [1.54, 1.807) is 13.8 Å². The first-order chi connectivity index (χ1) is 21.7. The third kappa shape index (κ3) is 7.04. The zero-order valence-corrected chi connectivity index (χ0v) is 38.4. The molecule has 1 aliphatic heterocycles. The number of fused-ring (bicyclic) bond motifs is 5. The van der Waals surface area contributed by atoms with Gasteiger partial charge < -0.3 is 45.1 Å². The smallest absolute Gasteiger partial charge is 0.338 e. The summed E-state index contributed by atoms with van der Waals surface area (Å²) in [6.07, 6.45) is -9.94. The Morgan fingerprint density at radius 1 is 1.04 bits per heavy atom. The molecule has 1 amide bonds. The molecule has 49 heavy (non-hydrogen) atoms. The van der Waals surface area contributed by atoms with Gasteiger partial charge in [0.1, 0.15) is 29.5 Å². The van der Waals surface area contributed by atoms with Crippen LogP contribution in [0.25, 0.3) is 0 Å². The van der Waals surface area contributed by atoms with E-state index in [9.17, 15) is 44.7 Å². The quantitative estimate of drug-likeness (QED) is 0.172. The van der Waals surface area contributed by atoms with Crippen molar-refractivity contribution in [2.24, 2.45) is 16.7 Å². The number of ketones is 1. The third-order valence-corrected chi connectivity index (χ3v) is 11.3. The van der Waals surface area contributed by atoms with E-state index >= 15 is 0 Å². The van der Waals surface area contributed by atoms with Gasteiger partial charge in [-0.15, -0.1) is 0 Å². The molecular formula is C33H42Ac2ClNO12. The number of rotatable bonds is 6. The maximum atomic E-state index is 14.3. The maximum absolute atomic E-state index is 14.3. The van der Waals surface area contributed by atoms with Crippen molar-refractivity contribution in [2.75, 3.05) is 6.61 Å². The van der Waals surface area contributed by atoms with Crippen molar-refractivity contribution in [1.82, 2.24) is 5.32 Å². The molecule has 11 atom stereocenters. The van der Waals surface area contributed by atoms with E-state index in [2.05, 4.69) is 5.32 Å². The Labute approximate surface area is 360 Å². The number of nitrogens with one attached hydrogen (secondary N) is 1. The fourth-order valence-corrected chi connectivity index (χ4v) is 8.50. The van der Waals surface area contributed by atoms with Crippen LogP contribution in [0.4, 0.5) is 0 Å². The minimum Gasteiger partial charge on any atom is -0.459 e. The predicted molar refractivity (Wildman–Crippen MR) is 163 cm³/mol. The molecule has 0 spiro atoms. The van der Waals surface area contributed by atoms with E-state index in [0.29, 0.717) is 10.6 Å². The molecule has 2 radical (unpaired) electrons. The average molecular weight is 1130 g/mol. The number of Topliss-reactive ketones (excluding diaryl/α,β-unsaturated/α-hetero) is 1. The van der Waals surface area contributed by atoms with E-state index in [1.807, 2.05) is 0 Å². The Balaban J connectivity index is 0.00000325. The molecule has 4 aliphatic rings. The van der Waals surface area contributed by atoms with Gasteiger partial charge in [0.25, 0.3) is 0 Å². The number of ether oxygens (including phenoxy) is 3. The van der Waals surface area contributed by atoms with Gasteiger partial charge in [-0.05, 0) is 42.7 Å². The number of hydrogen-bond acceptors (Lipinski definition) is 12. The number of amides is 1. The average Bonchev–Trinajstić information content (AvgIpc) is 2.98. The first kappa shape index (κ1) is 43.4. The third-order valence-electron chi connectivity index (χ3n) is 11.1. The molecule has 2 saturated carbocycles. The molecule has 1 saturated heterocycles. The van der Waals surface area contributed by atoms with Gasteiger partial charge >= 0.3 is 11.9 Å². The van der Waals surface area contributed by atoms with Gasteiger partial charge in [0, 0.05) is 131 Å². The summed E-state index contributed by atoms with van der Waals surface area (Å²) in [5.74, 6) is -4.94. The minimum atomic E-state index is -2.23. The summed E-state index contributed by atoms with van der Waals surface area (Å²) in [7, 11) is 0. The van der Waals surface area contributed by atoms with Gasteiger partial charge in [-0.3, -0.25) is 14.4 Å². The van der Waals surface area contributed by atoms with Crippen LogP contribution in [0.2, 0.25) is 5.02 Å². The van der Waals surface area contributed by atoms with Crippen LogP contribution in [0.3, 0.4) is 0 Å². The van der Waals surface area contributed by atoms with E-state index in [4.69, 9.17) is 25.8 Å². The molecule has 6 N–H and O–H groups in total. The Morgan fingerprint density at radius 2 is 1.63 bits per heavy atom. The topological polar surface area (TPSA) is 209 Å². The maximum Gasteiger partial charge on any atom is 0.338 e. The van der Waals surface area contributed by atoms with Crippen LogP contribution in [0.5, 0.6) is 0 Å². The summed E-state index contributed by atoms with van der Waals surface area (Å²) in [4.78, 5) is 52.6. The van der Waals surface area contributed by atoms with Crippen molar-refractivity contribution in [3.8, 4) is 0 Å². The van der Waals surface area contributed by atoms with Crippen molar-refractivity contribution in [1.29, 1.82) is 0 Å². The van der Waals surface area contributed by atoms with E-state index in [1.165, 1.54) is 45.0 Å². The molecule has 3 fully saturated rings.